The van der Waals surface area contributed by atoms with Gasteiger partial charge in [-0.1, -0.05) is 6.92 Å². The van der Waals surface area contributed by atoms with Gasteiger partial charge in [0.1, 0.15) is 11.2 Å². The number of rotatable bonds is 8. The van der Waals surface area contributed by atoms with Gasteiger partial charge in [0.25, 0.3) is 5.56 Å². The van der Waals surface area contributed by atoms with Crippen LogP contribution in [-0.2, 0) is 0 Å². The number of nitrogens with one attached hydrogen (secondary N) is 1. The van der Waals surface area contributed by atoms with Crippen molar-refractivity contribution in [3.63, 3.8) is 0 Å². The van der Waals surface area contributed by atoms with Crippen molar-refractivity contribution in [2.45, 2.75) is 57.0 Å². The Morgan fingerprint density at radius 1 is 1.33 bits per heavy atom. The predicted molar refractivity (Wildman–Crippen MR) is 123 cm³/mol. The Kier molecular flexibility index (Phi) is 5.44. The molecule has 9 heteroatoms. The highest BCUT2D eigenvalue weighted by Gasteiger charge is 2.54. The molecule has 8 nitrogen and oxygen atoms in total. The number of anilines is 1. The number of hydrogen-bond acceptors (Lipinski definition) is 6. The van der Waals surface area contributed by atoms with E-state index >= 15 is 4.39 Å². The third kappa shape index (κ3) is 3.52. The first kappa shape index (κ1) is 22.0. The Morgan fingerprint density at radius 2 is 2.09 bits per heavy atom. The van der Waals surface area contributed by atoms with E-state index in [1.54, 1.807) is 4.57 Å². The number of benzene rings is 1. The van der Waals surface area contributed by atoms with Crippen LogP contribution in [0.25, 0.3) is 10.9 Å². The van der Waals surface area contributed by atoms with E-state index in [1.165, 1.54) is 13.2 Å². The number of nitrogens with zero attached hydrogens (tertiary/aromatic N) is 4. The van der Waals surface area contributed by atoms with Gasteiger partial charge in [0, 0.05) is 37.6 Å². The number of H-pyrrole nitrogens is 1. The first-order chi connectivity index (χ1) is 15.9. The van der Waals surface area contributed by atoms with Crippen LogP contribution in [0.2, 0.25) is 0 Å². The van der Waals surface area contributed by atoms with Gasteiger partial charge in [-0.15, -0.1) is 0 Å². The van der Waals surface area contributed by atoms with Gasteiger partial charge >= 0.3 is 5.69 Å². The van der Waals surface area contributed by atoms with Crippen molar-refractivity contribution in [1.29, 1.82) is 5.26 Å². The molecule has 0 radical (unpaired) electrons. The second-order valence-electron chi connectivity index (χ2n) is 9.52. The summed E-state index contributed by atoms with van der Waals surface area (Å²) in [6, 6.07) is 3.50. The molecule has 1 saturated heterocycles. The van der Waals surface area contributed by atoms with Gasteiger partial charge in [-0.2, -0.15) is 5.26 Å². The summed E-state index contributed by atoms with van der Waals surface area (Å²) in [6.07, 6.45) is 5.32. The fourth-order valence-electron chi connectivity index (χ4n) is 5.91. The molecule has 2 aliphatic carbocycles. The lowest BCUT2D eigenvalue weighted by molar-refractivity contribution is 0.137. The van der Waals surface area contributed by atoms with E-state index < -0.39 is 17.1 Å². The smallest absolute Gasteiger partial charge is 0.329 e. The van der Waals surface area contributed by atoms with Gasteiger partial charge in [0.05, 0.1) is 18.6 Å². The summed E-state index contributed by atoms with van der Waals surface area (Å²) < 4.78 is 22.7. The van der Waals surface area contributed by atoms with E-state index in [2.05, 4.69) is 22.9 Å². The molecule has 1 N–H and O–H groups in total. The molecule has 3 fully saturated rings. The van der Waals surface area contributed by atoms with Crippen LogP contribution in [0.4, 0.5) is 10.1 Å². The number of nitriles is 1. The third-order valence-electron chi connectivity index (χ3n) is 7.76. The van der Waals surface area contributed by atoms with Crippen LogP contribution in [0, 0.1) is 23.1 Å². The molecular formula is C24H30FN5O3. The average molecular weight is 456 g/mol. The lowest BCUT2D eigenvalue weighted by atomic mass is 9.94. The van der Waals surface area contributed by atoms with Crippen LogP contribution >= 0.6 is 0 Å². The molecule has 0 bridgehead atoms. The molecule has 1 aromatic heterocycles. The summed E-state index contributed by atoms with van der Waals surface area (Å²) in [5, 5.41) is 9.18. The number of hydrogen-bond donors (Lipinski definition) is 1. The Bertz CT molecular complexity index is 1240. The summed E-state index contributed by atoms with van der Waals surface area (Å²) in [7, 11) is 1.47. The molecule has 1 aromatic carbocycles. The van der Waals surface area contributed by atoms with E-state index in [0.29, 0.717) is 36.6 Å². The SMILES string of the molecule is CCN(CCC#N)C1(C2CCN(c3c(F)cc4c(=O)[nH]c(=O)n(C5CC5)c4c3OC)C2)CC1. The lowest BCUT2D eigenvalue weighted by Crippen LogP contribution is -2.44. The zero-order valence-electron chi connectivity index (χ0n) is 19.2. The van der Waals surface area contributed by atoms with Crippen LogP contribution in [0.5, 0.6) is 5.75 Å². The minimum Gasteiger partial charge on any atom is -0.492 e. The highest BCUT2D eigenvalue weighted by atomic mass is 19.1. The lowest BCUT2D eigenvalue weighted by Gasteiger charge is -2.35. The first-order valence-corrected chi connectivity index (χ1v) is 11.9. The second kappa shape index (κ2) is 8.17. The Hall–Kier alpha value is -2.86. The molecule has 176 valence electrons. The predicted octanol–water partition coefficient (Wildman–Crippen LogP) is 2.77. The minimum absolute atomic E-state index is 0.00312. The zero-order valence-corrected chi connectivity index (χ0v) is 19.2. The van der Waals surface area contributed by atoms with Gasteiger partial charge in [0.2, 0.25) is 0 Å². The highest BCUT2D eigenvalue weighted by Crippen LogP contribution is 2.52. The summed E-state index contributed by atoms with van der Waals surface area (Å²) in [6.45, 7) is 5.14. The molecule has 2 aromatic rings. The summed E-state index contributed by atoms with van der Waals surface area (Å²) >= 11 is 0. The molecular weight excluding hydrogens is 425 g/mol. The molecule has 0 spiro atoms. The highest BCUT2D eigenvalue weighted by molar-refractivity contribution is 5.91. The maximum atomic E-state index is 15.5. The van der Waals surface area contributed by atoms with E-state index in [0.717, 1.165) is 45.2 Å². The van der Waals surface area contributed by atoms with Crippen LogP contribution in [0.1, 0.15) is 51.5 Å². The van der Waals surface area contributed by atoms with Crippen LogP contribution in [0.15, 0.2) is 15.7 Å². The Morgan fingerprint density at radius 3 is 2.70 bits per heavy atom. The van der Waals surface area contributed by atoms with Crippen molar-refractivity contribution in [3.05, 3.63) is 32.7 Å². The molecule has 2 heterocycles. The number of aromatic nitrogens is 2. The van der Waals surface area contributed by atoms with Gasteiger partial charge in [-0.05, 0) is 50.6 Å². The summed E-state index contributed by atoms with van der Waals surface area (Å²) in [5.74, 6) is 0.122. The maximum Gasteiger partial charge on any atom is 0.329 e. The van der Waals surface area contributed by atoms with Crippen LogP contribution in [-0.4, -0.2) is 53.3 Å². The third-order valence-corrected chi connectivity index (χ3v) is 7.76. The number of methoxy groups -OCH3 is 1. The zero-order chi connectivity index (χ0) is 23.3. The Balaban J connectivity index is 1.54. The van der Waals surface area contributed by atoms with E-state index in [-0.39, 0.29) is 22.7 Å². The van der Waals surface area contributed by atoms with Crippen molar-refractivity contribution < 1.29 is 9.13 Å². The van der Waals surface area contributed by atoms with Crippen molar-refractivity contribution in [2.24, 2.45) is 5.92 Å². The Labute approximate surface area is 191 Å². The molecule has 1 aliphatic heterocycles. The number of halogens is 1. The largest absolute Gasteiger partial charge is 0.492 e. The van der Waals surface area contributed by atoms with Crippen molar-refractivity contribution in [3.8, 4) is 11.8 Å². The van der Waals surface area contributed by atoms with E-state index in [9.17, 15) is 9.59 Å². The van der Waals surface area contributed by atoms with E-state index in [4.69, 9.17) is 10.00 Å². The van der Waals surface area contributed by atoms with Gasteiger partial charge in [-0.25, -0.2) is 9.18 Å². The molecule has 1 unspecified atom stereocenters. The first-order valence-electron chi connectivity index (χ1n) is 11.9. The van der Waals surface area contributed by atoms with Gasteiger partial charge in [-0.3, -0.25) is 19.2 Å². The average Bonchev–Trinajstić information content (AvgIpc) is 3.73. The molecule has 3 aliphatic rings. The molecule has 2 saturated carbocycles. The normalized spacial score (nSPS) is 21.5. The maximum absolute atomic E-state index is 15.5. The minimum atomic E-state index is -0.594. The number of fused-ring (bicyclic) bond motifs is 1. The van der Waals surface area contributed by atoms with Gasteiger partial charge in [0.15, 0.2) is 11.6 Å². The number of ether oxygens (including phenoxy) is 1. The van der Waals surface area contributed by atoms with Crippen LogP contribution < -0.4 is 20.9 Å². The van der Waals surface area contributed by atoms with Gasteiger partial charge < -0.3 is 9.64 Å². The summed E-state index contributed by atoms with van der Waals surface area (Å²) in [5.41, 5.74) is -0.267. The quantitative estimate of drug-likeness (QED) is 0.658. The topological polar surface area (TPSA) is 94.4 Å². The van der Waals surface area contributed by atoms with Crippen molar-refractivity contribution in [1.82, 2.24) is 14.5 Å². The monoisotopic (exact) mass is 455 g/mol. The molecule has 33 heavy (non-hydrogen) atoms. The van der Waals surface area contributed by atoms with E-state index in [1.807, 2.05) is 4.90 Å². The fraction of sp³-hybridized carbons (Fsp3) is 0.625. The fourth-order valence-corrected chi connectivity index (χ4v) is 5.91. The molecule has 5 rings (SSSR count). The standard InChI is InChI=1S/C24H30FN5O3/c1-3-29(11-4-10-26)24(8-9-24)15-7-12-28(14-15)20-18(25)13-17-19(21(20)33-2)30(16-5-6-16)23(32)27-22(17)31/h13,15-16H,3-9,11-12,14H2,1-2H3,(H,27,31,32). The van der Waals surface area contributed by atoms with Crippen molar-refractivity contribution >= 4 is 16.6 Å². The second-order valence-corrected chi connectivity index (χ2v) is 9.52. The molecule has 0 amide bonds. The molecule has 1 atom stereocenters. The summed E-state index contributed by atoms with van der Waals surface area (Å²) in [4.78, 5) is 31.9. The van der Waals surface area contributed by atoms with Crippen LogP contribution in [0.3, 0.4) is 0 Å². The van der Waals surface area contributed by atoms with Crippen molar-refractivity contribution in [2.75, 3.05) is 38.2 Å². The number of aromatic amines is 1.